The third kappa shape index (κ3) is 4.04. The molecule has 146 valence electrons. The van der Waals surface area contributed by atoms with E-state index in [0.717, 1.165) is 60.9 Å². The Morgan fingerprint density at radius 1 is 1.14 bits per heavy atom. The lowest BCUT2D eigenvalue weighted by atomic mass is 10.0. The average Bonchev–Trinajstić information content (AvgIpc) is 3.12. The van der Waals surface area contributed by atoms with Crippen molar-refractivity contribution in [1.82, 2.24) is 25.2 Å². The van der Waals surface area contributed by atoms with Gasteiger partial charge in [0.15, 0.2) is 0 Å². The molecule has 0 unspecified atom stereocenters. The maximum absolute atomic E-state index is 4.82. The van der Waals surface area contributed by atoms with E-state index in [1.807, 2.05) is 26.1 Å². The molecule has 1 aliphatic rings. The monoisotopic (exact) mass is 378 g/mol. The van der Waals surface area contributed by atoms with Gasteiger partial charge in [-0.05, 0) is 51.9 Å². The minimum atomic E-state index is 0.542. The summed E-state index contributed by atoms with van der Waals surface area (Å²) in [5, 5.41) is 7.88. The number of rotatable bonds is 5. The Morgan fingerprint density at radius 2 is 1.96 bits per heavy atom. The van der Waals surface area contributed by atoms with E-state index in [2.05, 4.69) is 61.4 Å². The normalized spacial score (nSPS) is 15.4. The quantitative estimate of drug-likeness (QED) is 0.675. The second-order valence-electron chi connectivity index (χ2n) is 7.47. The molecule has 7 nitrogen and oxygen atoms in total. The van der Waals surface area contributed by atoms with Crippen LogP contribution in [0.3, 0.4) is 0 Å². The van der Waals surface area contributed by atoms with E-state index < -0.39 is 0 Å². The van der Waals surface area contributed by atoms with Crippen LogP contribution in [0.4, 0.5) is 5.69 Å². The van der Waals surface area contributed by atoms with Gasteiger partial charge in [-0.2, -0.15) is 0 Å². The predicted molar refractivity (Wildman–Crippen MR) is 108 cm³/mol. The zero-order valence-electron chi connectivity index (χ0n) is 16.7. The van der Waals surface area contributed by atoms with Gasteiger partial charge in [-0.25, -0.2) is 14.6 Å². The van der Waals surface area contributed by atoms with Crippen LogP contribution in [0.5, 0.6) is 0 Å². The van der Waals surface area contributed by atoms with Crippen molar-refractivity contribution in [3.05, 3.63) is 53.7 Å². The molecule has 28 heavy (non-hydrogen) atoms. The highest BCUT2D eigenvalue weighted by molar-refractivity contribution is 5.65. The summed E-state index contributed by atoms with van der Waals surface area (Å²) in [5.74, 6) is 0.796. The van der Waals surface area contributed by atoms with Crippen LogP contribution in [0, 0.1) is 13.8 Å². The maximum atomic E-state index is 4.82. The molecule has 4 rings (SSSR count). The highest BCUT2D eigenvalue weighted by Gasteiger charge is 2.24. The smallest absolute Gasteiger partial charge is 0.125 e. The van der Waals surface area contributed by atoms with Gasteiger partial charge in [0, 0.05) is 43.1 Å². The first kappa shape index (κ1) is 18.6. The Kier molecular flexibility index (Phi) is 5.34. The minimum absolute atomic E-state index is 0.542. The number of benzene rings is 1. The largest absolute Gasteiger partial charge is 0.371 e. The fourth-order valence-electron chi connectivity index (χ4n) is 3.80. The number of aryl methyl sites for hydroxylation is 2. The molecular formula is C21H26N6O. The zero-order valence-corrected chi connectivity index (χ0v) is 16.7. The lowest BCUT2D eigenvalue weighted by Crippen LogP contribution is -2.43. The lowest BCUT2D eigenvalue weighted by molar-refractivity contribution is 0.194. The molecule has 3 aromatic rings. The van der Waals surface area contributed by atoms with Gasteiger partial charge in [0.1, 0.15) is 17.2 Å². The topological polar surface area (TPSA) is 71.2 Å². The molecule has 0 spiro atoms. The predicted octanol–water partition coefficient (Wildman–Crippen LogP) is 3.24. The Bertz CT molecular complexity index is 932. The summed E-state index contributed by atoms with van der Waals surface area (Å²) in [7, 11) is 2.16. The average molecular weight is 378 g/mol. The van der Waals surface area contributed by atoms with Crippen LogP contribution in [0.25, 0.3) is 11.3 Å². The molecule has 1 saturated heterocycles. The highest BCUT2D eigenvalue weighted by Crippen LogP contribution is 2.27. The van der Waals surface area contributed by atoms with Gasteiger partial charge in [-0.15, -0.1) is 0 Å². The van der Waals surface area contributed by atoms with Crippen molar-refractivity contribution >= 4 is 5.69 Å². The zero-order chi connectivity index (χ0) is 19.5. The van der Waals surface area contributed by atoms with Crippen molar-refractivity contribution < 1.29 is 4.63 Å². The van der Waals surface area contributed by atoms with E-state index in [0.29, 0.717) is 6.04 Å². The molecule has 0 amide bonds. The Labute approximate surface area is 165 Å². The SMILES string of the molecule is Cc1nccc(-c2cccc(N3CCC(N(C)Cc4nonc4C)CC3)c2)n1. The summed E-state index contributed by atoms with van der Waals surface area (Å²) in [6, 6.07) is 11.1. The minimum Gasteiger partial charge on any atom is -0.371 e. The molecule has 0 bridgehead atoms. The number of hydrogen-bond acceptors (Lipinski definition) is 7. The van der Waals surface area contributed by atoms with E-state index in [-0.39, 0.29) is 0 Å². The summed E-state index contributed by atoms with van der Waals surface area (Å²) in [4.78, 5) is 13.6. The fourth-order valence-corrected chi connectivity index (χ4v) is 3.80. The van der Waals surface area contributed by atoms with Gasteiger partial charge in [0.05, 0.1) is 5.69 Å². The molecular weight excluding hydrogens is 352 g/mol. The van der Waals surface area contributed by atoms with Gasteiger partial charge in [-0.1, -0.05) is 22.4 Å². The number of aromatic nitrogens is 4. The number of nitrogens with zero attached hydrogens (tertiary/aromatic N) is 6. The van der Waals surface area contributed by atoms with Crippen molar-refractivity contribution in [1.29, 1.82) is 0 Å². The van der Waals surface area contributed by atoms with Crippen LogP contribution in [0.1, 0.15) is 30.1 Å². The van der Waals surface area contributed by atoms with Crippen LogP contribution in [-0.2, 0) is 6.54 Å². The Balaban J connectivity index is 1.40. The highest BCUT2D eigenvalue weighted by atomic mass is 16.6. The van der Waals surface area contributed by atoms with Crippen molar-refractivity contribution in [2.24, 2.45) is 0 Å². The third-order valence-electron chi connectivity index (χ3n) is 5.52. The molecule has 1 aromatic carbocycles. The first-order valence-electron chi connectivity index (χ1n) is 9.73. The van der Waals surface area contributed by atoms with Gasteiger partial charge in [0.25, 0.3) is 0 Å². The summed E-state index contributed by atoms with van der Waals surface area (Å²) in [5.41, 5.74) is 5.17. The Morgan fingerprint density at radius 3 is 2.68 bits per heavy atom. The Hall–Kier alpha value is -2.80. The van der Waals surface area contributed by atoms with Crippen molar-refractivity contribution in [2.75, 3.05) is 25.0 Å². The first-order valence-corrected chi connectivity index (χ1v) is 9.73. The van der Waals surface area contributed by atoms with Crippen LogP contribution >= 0.6 is 0 Å². The second kappa shape index (κ2) is 8.06. The molecule has 0 radical (unpaired) electrons. The molecule has 0 aliphatic carbocycles. The molecule has 2 aromatic heterocycles. The fraction of sp³-hybridized carbons (Fsp3) is 0.429. The van der Waals surface area contributed by atoms with E-state index in [4.69, 9.17) is 4.63 Å². The van der Waals surface area contributed by atoms with E-state index >= 15 is 0 Å². The van der Waals surface area contributed by atoms with Crippen molar-refractivity contribution in [3.63, 3.8) is 0 Å². The van der Waals surface area contributed by atoms with E-state index in [9.17, 15) is 0 Å². The molecule has 0 atom stereocenters. The van der Waals surface area contributed by atoms with Gasteiger partial charge < -0.3 is 4.90 Å². The molecule has 7 heteroatoms. The summed E-state index contributed by atoms with van der Waals surface area (Å²) >= 11 is 0. The van der Waals surface area contributed by atoms with Crippen LogP contribution in [-0.4, -0.2) is 51.4 Å². The molecule has 0 saturated carbocycles. The standard InChI is InChI=1S/C21H26N6O/c1-15-21(25-28-24-15)14-26(3)18-8-11-27(12-9-18)19-6-4-5-17(13-19)20-7-10-22-16(2)23-20/h4-7,10,13,18H,8-9,11-12,14H2,1-3H3. The maximum Gasteiger partial charge on any atom is 0.125 e. The van der Waals surface area contributed by atoms with Gasteiger partial charge in [-0.3, -0.25) is 4.90 Å². The van der Waals surface area contributed by atoms with Crippen LogP contribution in [0.15, 0.2) is 41.2 Å². The lowest BCUT2D eigenvalue weighted by Gasteiger charge is -2.37. The van der Waals surface area contributed by atoms with Gasteiger partial charge >= 0.3 is 0 Å². The van der Waals surface area contributed by atoms with Crippen LogP contribution < -0.4 is 4.90 Å². The number of anilines is 1. The molecule has 3 heterocycles. The summed E-state index contributed by atoms with van der Waals surface area (Å²) < 4.78 is 4.82. The van der Waals surface area contributed by atoms with E-state index in [1.54, 1.807) is 0 Å². The second-order valence-corrected chi connectivity index (χ2v) is 7.47. The first-order chi connectivity index (χ1) is 13.6. The van der Waals surface area contributed by atoms with Crippen molar-refractivity contribution in [2.45, 2.75) is 39.3 Å². The van der Waals surface area contributed by atoms with Gasteiger partial charge in [0.2, 0.25) is 0 Å². The van der Waals surface area contributed by atoms with E-state index in [1.165, 1.54) is 5.69 Å². The summed E-state index contributed by atoms with van der Waals surface area (Å²) in [6.45, 7) is 6.72. The number of hydrogen-bond donors (Lipinski definition) is 0. The molecule has 1 aliphatic heterocycles. The summed E-state index contributed by atoms with van der Waals surface area (Å²) in [6.07, 6.45) is 4.06. The van der Waals surface area contributed by atoms with Crippen LogP contribution in [0.2, 0.25) is 0 Å². The third-order valence-corrected chi connectivity index (χ3v) is 5.52. The number of piperidine rings is 1. The van der Waals surface area contributed by atoms with Crippen molar-refractivity contribution in [3.8, 4) is 11.3 Å². The molecule has 1 fully saturated rings. The molecule has 0 N–H and O–H groups in total.